The second-order valence-electron chi connectivity index (χ2n) is 6.70. The Morgan fingerprint density at radius 1 is 1.10 bits per heavy atom. The van der Waals surface area contributed by atoms with Gasteiger partial charge in [-0.2, -0.15) is 0 Å². The summed E-state index contributed by atoms with van der Waals surface area (Å²) in [5.41, 5.74) is 1.89. The van der Waals surface area contributed by atoms with Gasteiger partial charge in [0.2, 0.25) is 0 Å². The number of rotatable bonds is 6. The van der Waals surface area contributed by atoms with E-state index in [2.05, 4.69) is 25.8 Å². The van der Waals surface area contributed by atoms with Gasteiger partial charge in [0, 0.05) is 23.4 Å². The highest BCUT2D eigenvalue weighted by Crippen LogP contribution is 2.21. The Hall–Kier alpha value is -3.94. The first-order valence-corrected chi connectivity index (χ1v) is 9.19. The summed E-state index contributed by atoms with van der Waals surface area (Å²) in [6.45, 7) is 4.09. The van der Waals surface area contributed by atoms with Crippen LogP contribution in [0.2, 0.25) is 0 Å². The van der Waals surface area contributed by atoms with Crippen LogP contribution in [0.4, 0.5) is 17.4 Å². The van der Waals surface area contributed by atoms with Crippen molar-refractivity contribution in [1.29, 1.82) is 0 Å². The number of pyridine rings is 1. The number of hydrogen-bond donors (Lipinski definition) is 2. The summed E-state index contributed by atoms with van der Waals surface area (Å²) in [7, 11) is 0. The molecular weight excluding hydrogens is 368 g/mol. The minimum atomic E-state index is -0.261. The van der Waals surface area contributed by atoms with Gasteiger partial charge in [0.15, 0.2) is 11.7 Å². The Labute approximate surface area is 167 Å². The predicted octanol–water partition coefficient (Wildman–Crippen LogP) is 4.51. The molecule has 0 aliphatic heterocycles. The molecule has 0 atom stereocenters. The van der Waals surface area contributed by atoms with Crippen molar-refractivity contribution >= 4 is 23.3 Å². The number of benzene rings is 1. The van der Waals surface area contributed by atoms with Gasteiger partial charge in [0.25, 0.3) is 5.91 Å². The van der Waals surface area contributed by atoms with E-state index in [1.165, 1.54) is 0 Å². The first-order valence-electron chi connectivity index (χ1n) is 9.19. The van der Waals surface area contributed by atoms with E-state index in [1.807, 2.05) is 36.6 Å². The van der Waals surface area contributed by atoms with Crippen LogP contribution in [0.25, 0.3) is 11.5 Å². The first kappa shape index (κ1) is 18.4. The number of nitrogens with zero attached hydrogens (tertiary/aromatic N) is 4. The van der Waals surface area contributed by atoms with Crippen LogP contribution in [0.3, 0.4) is 0 Å². The highest BCUT2D eigenvalue weighted by Gasteiger charge is 2.13. The number of hydrogen-bond acceptors (Lipinski definition) is 6. The van der Waals surface area contributed by atoms with Crippen LogP contribution < -0.4 is 10.6 Å². The lowest BCUT2D eigenvalue weighted by molar-refractivity contribution is 0.102. The molecule has 0 aliphatic rings. The average molecular weight is 388 g/mol. The Kier molecular flexibility index (Phi) is 5.07. The molecule has 29 heavy (non-hydrogen) atoms. The molecule has 1 amide bonds. The van der Waals surface area contributed by atoms with Gasteiger partial charge >= 0.3 is 0 Å². The third-order valence-electron chi connectivity index (χ3n) is 4.26. The Bertz CT molecular complexity index is 1120. The van der Waals surface area contributed by atoms with Gasteiger partial charge in [-0.05, 0) is 50.2 Å². The molecule has 146 valence electrons. The van der Waals surface area contributed by atoms with Gasteiger partial charge < -0.3 is 19.6 Å². The SMILES string of the molecule is CC(C)n1cnnc1-c1cccc(NC(=O)c2cccc(Nc3ccco3)c2)n1. The van der Waals surface area contributed by atoms with Crippen molar-refractivity contribution < 1.29 is 9.21 Å². The summed E-state index contributed by atoms with van der Waals surface area (Å²) >= 11 is 0. The van der Waals surface area contributed by atoms with Gasteiger partial charge in [-0.3, -0.25) is 4.79 Å². The number of carbonyl (C=O) groups is 1. The maximum Gasteiger partial charge on any atom is 0.256 e. The molecule has 0 radical (unpaired) electrons. The smallest absolute Gasteiger partial charge is 0.256 e. The van der Waals surface area contributed by atoms with Crippen molar-refractivity contribution in [3.05, 3.63) is 72.8 Å². The van der Waals surface area contributed by atoms with E-state index < -0.39 is 0 Å². The molecular formula is C21H20N6O2. The fourth-order valence-corrected chi connectivity index (χ4v) is 2.85. The lowest BCUT2D eigenvalue weighted by Crippen LogP contribution is -2.13. The quantitative estimate of drug-likeness (QED) is 0.504. The fraction of sp³-hybridized carbons (Fsp3) is 0.143. The monoisotopic (exact) mass is 388 g/mol. The number of amides is 1. The maximum atomic E-state index is 12.7. The van der Waals surface area contributed by atoms with Gasteiger partial charge in [0.05, 0.1) is 6.26 Å². The maximum absolute atomic E-state index is 12.7. The fourth-order valence-electron chi connectivity index (χ4n) is 2.85. The van der Waals surface area contributed by atoms with Crippen molar-refractivity contribution in [2.75, 3.05) is 10.6 Å². The van der Waals surface area contributed by atoms with Crippen molar-refractivity contribution in [1.82, 2.24) is 19.7 Å². The average Bonchev–Trinajstić information content (AvgIpc) is 3.40. The highest BCUT2D eigenvalue weighted by atomic mass is 16.3. The number of nitrogens with one attached hydrogen (secondary N) is 2. The van der Waals surface area contributed by atoms with Crippen LogP contribution in [0, 0.1) is 0 Å². The minimum Gasteiger partial charge on any atom is -0.449 e. The Balaban J connectivity index is 1.52. The van der Waals surface area contributed by atoms with E-state index in [4.69, 9.17) is 4.42 Å². The second-order valence-corrected chi connectivity index (χ2v) is 6.70. The second kappa shape index (κ2) is 7.97. The zero-order chi connectivity index (χ0) is 20.2. The topological polar surface area (TPSA) is 97.9 Å². The number of furan rings is 1. The van der Waals surface area contributed by atoms with Gasteiger partial charge in [0.1, 0.15) is 17.8 Å². The molecule has 0 spiro atoms. The molecule has 0 saturated heterocycles. The lowest BCUT2D eigenvalue weighted by atomic mass is 10.2. The normalized spacial score (nSPS) is 10.9. The van der Waals surface area contributed by atoms with Crippen LogP contribution in [-0.4, -0.2) is 25.7 Å². The molecule has 0 saturated carbocycles. The van der Waals surface area contributed by atoms with Crippen LogP contribution in [0.15, 0.2) is 71.6 Å². The summed E-state index contributed by atoms with van der Waals surface area (Å²) < 4.78 is 7.20. The third kappa shape index (κ3) is 4.16. The van der Waals surface area contributed by atoms with Gasteiger partial charge in [-0.25, -0.2) is 4.98 Å². The summed E-state index contributed by atoms with van der Waals surface area (Å²) in [5, 5.41) is 14.1. The van der Waals surface area contributed by atoms with E-state index in [9.17, 15) is 4.79 Å². The zero-order valence-electron chi connectivity index (χ0n) is 16.0. The van der Waals surface area contributed by atoms with E-state index in [0.29, 0.717) is 28.8 Å². The largest absolute Gasteiger partial charge is 0.449 e. The molecule has 4 aromatic rings. The molecule has 1 aromatic carbocycles. The standard InChI is InChI=1S/C21H20N6O2/c1-14(2)27-13-22-26-20(27)17-8-4-9-18(24-17)25-21(28)15-6-3-7-16(12-15)23-19-10-5-11-29-19/h3-14,23H,1-2H3,(H,24,25,28). The van der Waals surface area contributed by atoms with Crippen LogP contribution in [0.1, 0.15) is 30.2 Å². The summed E-state index contributed by atoms with van der Waals surface area (Å²) in [4.78, 5) is 17.2. The molecule has 0 bridgehead atoms. The number of aromatic nitrogens is 4. The predicted molar refractivity (Wildman–Crippen MR) is 110 cm³/mol. The molecule has 8 heteroatoms. The number of carbonyl (C=O) groups excluding carboxylic acids is 1. The molecule has 0 aliphatic carbocycles. The van der Waals surface area contributed by atoms with E-state index in [-0.39, 0.29) is 11.9 Å². The molecule has 4 rings (SSSR count). The van der Waals surface area contributed by atoms with E-state index in [1.54, 1.807) is 49.0 Å². The Morgan fingerprint density at radius 2 is 1.97 bits per heavy atom. The highest BCUT2D eigenvalue weighted by molar-refractivity contribution is 6.04. The lowest BCUT2D eigenvalue weighted by Gasteiger charge is -2.11. The van der Waals surface area contributed by atoms with Crippen molar-refractivity contribution in [3.63, 3.8) is 0 Å². The first-order chi connectivity index (χ1) is 14.1. The third-order valence-corrected chi connectivity index (χ3v) is 4.26. The molecule has 2 N–H and O–H groups in total. The van der Waals surface area contributed by atoms with E-state index in [0.717, 1.165) is 5.69 Å². The van der Waals surface area contributed by atoms with Gasteiger partial charge in [-0.1, -0.05) is 12.1 Å². The van der Waals surface area contributed by atoms with Crippen molar-refractivity contribution in [2.24, 2.45) is 0 Å². The van der Waals surface area contributed by atoms with Crippen molar-refractivity contribution in [2.45, 2.75) is 19.9 Å². The summed E-state index contributed by atoms with van der Waals surface area (Å²) in [5.74, 6) is 1.44. The summed E-state index contributed by atoms with van der Waals surface area (Å²) in [6, 6.07) is 16.3. The van der Waals surface area contributed by atoms with Crippen LogP contribution in [0.5, 0.6) is 0 Å². The van der Waals surface area contributed by atoms with E-state index >= 15 is 0 Å². The molecule has 3 aromatic heterocycles. The Morgan fingerprint density at radius 3 is 2.76 bits per heavy atom. The molecule has 0 fully saturated rings. The van der Waals surface area contributed by atoms with Crippen LogP contribution in [-0.2, 0) is 0 Å². The number of anilines is 3. The minimum absolute atomic E-state index is 0.199. The molecule has 8 nitrogen and oxygen atoms in total. The van der Waals surface area contributed by atoms with Crippen molar-refractivity contribution in [3.8, 4) is 11.5 Å². The molecule has 3 heterocycles. The molecule has 0 unspecified atom stereocenters. The summed E-state index contributed by atoms with van der Waals surface area (Å²) in [6.07, 6.45) is 3.25. The van der Waals surface area contributed by atoms with Crippen LogP contribution >= 0.6 is 0 Å². The zero-order valence-corrected chi connectivity index (χ0v) is 16.0. The van der Waals surface area contributed by atoms with Gasteiger partial charge in [-0.15, -0.1) is 10.2 Å².